The summed E-state index contributed by atoms with van der Waals surface area (Å²) in [6, 6.07) is 0. The molecule has 0 N–H and O–H groups in total. The van der Waals surface area contributed by atoms with Gasteiger partial charge in [-0.3, -0.25) is 0 Å². The monoisotopic (exact) mass is 145 g/mol. The first-order chi connectivity index (χ1) is 4.31. The summed E-state index contributed by atoms with van der Waals surface area (Å²) in [7, 11) is 0. The van der Waals surface area contributed by atoms with Crippen LogP contribution in [0.25, 0.3) is 0 Å². The Morgan fingerprint density at radius 3 is 2.56 bits per heavy atom. The van der Waals surface area contributed by atoms with E-state index in [1.165, 1.54) is 25.0 Å². The quantitative estimate of drug-likeness (QED) is 0.572. The van der Waals surface area contributed by atoms with Crippen LogP contribution in [0.1, 0.15) is 33.1 Å². The van der Waals surface area contributed by atoms with Gasteiger partial charge in [0, 0.05) is 5.25 Å². The van der Waals surface area contributed by atoms with Crippen molar-refractivity contribution in [2.75, 3.05) is 5.75 Å². The summed E-state index contributed by atoms with van der Waals surface area (Å²) in [6.07, 6.45) is 3.92. The number of unbranched alkanes of at least 4 members (excludes halogenated alkanes) is 1. The van der Waals surface area contributed by atoms with Crippen LogP contribution in [0.4, 0.5) is 0 Å². The van der Waals surface area contributed by atoms with E-state index in [9.17, 15) is 0 Å². The molecule has 0 saturated heterocycles. The average Bonchev–Trinajstić information content (AvgIpc) is 1.85. The van der Waals surface area contributed by atoms with Crippen molar-refractivity contribution in [3.05, 3.63) is 6.92 Å². The molecule has 0 aromatic carbocycles. The molecular formula is C8H17S. The van der Waals surface area contributed by atoms with Crippen molar-refractivity contribution in [2.45, 2.75) is 38.4 Å². The van der Waals surface area contributed by atoms with Crippen LogP contribution in [0.3, 0.4) is 0 Å². The van der Waals surface area contributed by atoms with Gasteiger partial charge in [-0.05, 0) is 19.1 Å². The molecule has 1 unspecified atom stereocenters. The Balaban J connectivity index is 2.95. The molecule has 0 aliphatic carbocycles. The zero-order valence-electron chi connectivity index (χ0n) is 6.52. The first-order valence-electron chi connectivity index (χ1n) is 3.76. The lowest BCUT2D eigenvalue weighted by Crippen LogP contribution is -1.95. The molecule has 55 valence electrons. The Morgan fingerprint density at radius 2 is 2.11 bits per heavy atom. The van der Waals surface area contributed by atoms with Gasteiger partial charge in [-0.15, -0.1) is 0 Å². The van der Waals surface area contributed by atoms with E-state index in [0.29, 0.717) is 5.25 Å². The first kappa shape index (κ1) is 9.35. The largest absolute Gasteiger partial charge is 0.159 e. The van der Waals surface area contributed by atoms with Gasteiger partial charge in [0.15, 0.2) is 0 Å². The van der Waals surface area contributed by atoms with Crippen molar-refractivity contribution in [3.63, 3.8) is 0 Å². The van der Waals surface area contributed by atoms with Crippen molar-refractivity contribution < 1.29 is 0 Å². The van der Waals surface area contributed by atoms with Gasteiger partial charge in [0.05, 0.1) is 0 Å². The molecule has 0 fully saturated rings. The molecular weight excluding hydrogens is 128 g/mol. The van der Waals surface area contributed by atoms with Crippen LogP contribution in [-0.4, -0.2) is 11.0 Å². The molecule has 0 aromatic heterocycles. The fraction of sp³-hybridized carbons (Fsp3) is 0.875. The van der Waals surface area contributed by atoms with Crippen molar-refractivity contribution in [2.24, 2.45) is 0 Å². The maximum atomic E-state index is 4.03. The van der Waals surface area contributed by atoms with Crippen LogP contribution in [0, 0.1) is 6.92 Å². The van der Waals surface area contributed by atoms with E-state index in [2.05, 4.69) is 20.8 Å². The second kappa shape index (κ2) is 6.47. The Bertz CT molecular complexity index is 52.5. The molecule has 1 atom stereocenters. The lowest BCUT2D eigenvalue weighted by Gasteiger charge is -2.06. The molecule has 0 nitrogen and oxygen atoms in total. The van der Waals surface area contributed by atoms with E-state index in [4.69, 9.17) is 0 Å². The number of rotatable bonds is 5. The minimum atomic E-state index is 0.634. The van der Waals surface area contributed by atoms with Gasteiger partial charge in [-0.1, -0.05) is 26.7 Å². The highest BCUT2D eigenvalue weighted by atomic mass is 32.2. The highest BCUT2D eigenvalue weighted by Gasteiger charge is 1.97. The molecule has 0 saturated carbocycles. The van der Waals surface area contributed by atoms with Gasteiger partial charge < -0.3 is 0 Å². The summed E-state index contributed by atoms with van der Waals surface area (Å²) < 4.78 is 0. The van der Waals surface area contributed by atoms with E-state index in [1.54, 1.807) is 0 Å². The van der Waals surface area contributed by atoms with E-state index >= 15 is 0 Å². The topological polar surface area (TPSA) is 0 Å². The number of hydrogen-bond acceptors (Lipinski definition) is 1. The fourth-order valence-electron chi connectivity index (χ4n) is 0.751. The summed E-state index contributed by atoms with van der Waals surface area (Å²) in [5.74, 6) is 1.21. The Morgan fingerprint density at radius 1 is 1.44 bits per heavy atom. The Kier molecular flexibility index (Phi) is 6.72. The van der Waals surface area contributed by atoms with Crippen molar-refractivity contribution in [1.29, 1.82) is 0 Å². The first-order valence-corrected chi connectivity index (χ1v) is 4.80. The second-order valence-corrected chi connectivity index (χ2v) is 3.80. The van der Waals surface area contributed by atoms with Crippen LogP contribution in [0.2, 0.25) is 0 Å². The third kappa shape index (κ3) is 6.23. The van der Waals surface area contributed by atoms with Gasteiger partial charge in [0.1, 0.15) is 0 Å². The molecule has 9 heavy (non-hydrogen) atoms. The highest BCUT2D eigenvalue weighted by molar-refractivity contribution is 7.99. The zero-order chi connectivity index (χ0) is 7.11. The predicted octanol–water partition coefficient (Wildman–Crippen LogP) is 3.13. The van der Waals surface area contributed by atoms with E-state index in [-0.39, 0.29) is 0 Å². The normalized spacial score (nSPS) is 13.7. The van der Waals surface area contributed by atoms with Gasteiger partial charge in [-0.25, -0.2) is 0 Å². The minimum absolute atomic E-state index is 0.634. The summed E-state index contributed by atoms with van der Waals surface area (Å²) in [4.78, 5) is 0. The summed E-state index contributed by atoms with van der Waals surface area (Å²) >= 11 is 1.96. The molecule has 1 radical (unpaired) electrons. The fourth-order valence-corrected chi connectivity index (χ4v) is 1.56. The van der Waals surface area contributed by atoms with Crippen LogP contribution in [0.15, 0.2) is 0 Å². The van der Waals surface area contributed by atoms with E-state index < -0.39 is 0 Å². The zero-order valence-corrected chi connectivity index (χ0v) is 7.34. The molecule has 0 spiro atoms. The SMILES string of the molecule is [CH2]C(CCCC)SCC. The summed E-state index contributed by atoms with van der Waals surface area (Å²) in [5.41, 5.74) is 0. The Labute approximate surface area is 63.4 Å². The standard InChI is InChI=1S/C8H17S/c1-4-6-7-8(3)9-5-2/h8H,3-7H2,1-2H3. The van der Waals surface area contributed by atoms with Gasteiger partial charge in [-0.2, -0.15) is 11.8 Å². The Hall–Kier alpha value is 0.350. The third-order valence-electron chi connectivity index (χ3n) is 1.28. The molecule has 0 aromatic rings. The maximum Gasteiger partial charge on any atom is 0.00473 e. The lowest BCUT2D eigenvalue weighted by molar-refractivity contribution is 0.737. The molecule has 0 rings (SSSR count). The van der Waals surface area contributed by atoms with Gasteiger partial charge >= 0.3 is 0 Å². The molecule has 0 aliphatic rings. The lowest BCUT2D eigenvalue weighted by atomic mass is 10.2. The smallest absolute Gasteiger partial charge is 0.00473 e. The van der Waals surface area contributed by atoms with Crippen molar-refractivity contribution in [1.82, 2.24) is 0 Å². The van der Waals surface area contributed by atoms with Gasteiger partial charge in [0.25, 0.3) is 0 Å². The van der Waals surface area contributed by atoms with Crippen LogP contribution >= 0.6 is 11.8 Å². The molecule has 0 heterocycles. The molecule has 0 aliphatic heterocycles. The number of hydrogen-bond donors (Lipinski definition) is 0. The molecule has 1 heteroatoms. The predicted molar refractivity (Wildman–Crippen MR) is 46.8 cm³/mol. The summed E-state index contributed by atoms with van der Waals surface area (Å²) in [5, 5.41) is 0.634. The molecule has 0 amide bonds. The molecule has 0 bridgehead atoms. The van der Waals surface area contributed by atoms with Crippen LogP contribution in [-0.2, 0) is 0 Å². The van der Waals surface area contributed by atoms with Crippen LogP contribution in [0.5, 0.6) is 0 Å². The van der Waals surface area contributed by atoms with E-state index in [0.717, 1.165) is 0 Å². The summed E-state index contributed by atoms with van der Waals surface area (Å²) in [6.45, 7) is 8.44. The second-order valence-electron chi connectivity index (χ2n) is 2.22. The van der Waals surface area contributed by atoms with Crippen molar-refractivity contribution >= 4 is 11.8 Å². The van der Waals surface area contributed by atoms with E-state index in [1.807, 2.05) is 11.8 Å². The van der Waals surface area contributed by atoms with Gasteiger partial charge in [0.2, 0.25) is 0 Å². The average molecular weight is 145 g/mol. The highest BCUT2D eigenvalue weighted by Crippen LogP contribution is 2.14. The number of thioether (sulfide) groups is 1. The third-order valence-corrected chi connectivity index (χ3v) is 2.32. The minimum Gasteiger partial charge on any atom is -0.159 e. The maximum absolute atomic E-state index is 4.03. The van der Waals surface area contributed by atoms with Crippen molar-refractivity contribution in [3.8, 4) is 0 Å². The van der Waals surface area contributed by atoms with Crippen LogP contribution < -0.4 is 0 Å².